The lowest BCUT2D eigenvalue weighted by atomic mass is 9.93. The van der Waals surface area contributed by atoms with Crippen LogP contribution in [0, 0.1) is 0 Å². The standard InChI is InChI=1S/C14H18F3NOS/c1-13(19,10-18-5-7-20-8-6-18)11-3-2-4-12(9-11)14(15,16)17/h2-4,9,19H,5-8,10H2,1H3. The third-order valence-electron chi connectivity index (χ3n) is 3.45. The van der Waals surface area contributed by atoms with Crippen molar-refractivity contribution in [1.82, 2.24) is 4.90 Å². The van der Waals surface area contributed by atoms with Gasteiger partial charge in [-0.25, -0.2) is 0 Å². The van der Waals surface area contributed by atoms with Gasteiger partial charge in [-0.15, -0.1) is 0 Å². The predicted octanol–water partition coefficient (Wildman–Crippen LogP) is 2.96. The largest absolute Gasteiger partial charge is 0.416 e. The van der Waals surface area contributed by atoms with Crippen molar-refractivity contribution in [2.24, 2.45) is 0 Å². The molecule has 1 aliphatic heterocycles. The Morgan fingerprint density at radius 2 is 1.80 bits per heavy atom. The summed E-state index contributed by atoms with van der Waals surface area (Å²) in [5.74, 6) is 2.00. The van der Waals surface area contributed by atoms with Crippen LogP contribution < -0.4 is 0 Å². The number of rotatable bonds is 3. The van der Waals surface area contributed by atoms with Crippen molar-refractivity contribution >= 4 is 11.8 Å². The molecule has 1 unspecified atom stereocenters. The SMILES string of the molecule is CC(O)(CN1CCSCC1)c1cccc(C(F)(F)F)c1. The average Bonchev–Trinajstić information content (AvgIpc) is 2.38. The molecule has 0 spiro atoms. The van der Waals surface area contributed by atoms with E-state index in [-0.39, 0.29) is 0 Å². The number of hydrogen-bond donors (Lipinski definition) is 1. The molecule has 20 heavy (non-hydrogen) atoms. The molecule has 6 heteroatoms. The van der Waals surface area contributed by atoms with E-state index in [1.807, 2.05) is 11.8 Å². The van der Waals surface area contributed by atoms with Gasteiger partial charge in [0.05, 0.1) is 11.2 Å². The van der Waals surface area contributed by atoms with Crippen LogP contribution >= 0.6 is 11.8 Å². The molecule has 0 aliphatic carbocycles. The lowest BCUT2D eigenvalue weighted by Crippen LogP contribution is -2.43. The zero-order valence-electron chi connectivity index (χ0n) is 11.3. The number of halogens is 3. The molecular weight excluding hydrogens is 287 g/mol. The fraction of sp³-hybridized carbons (Fsp3) is 0.571. The second kappa shape index (κ2) is 5.95. The van der Waals surface area contributed by atoms with Crippen LogP contribution in [0.1, 0.15) is 18.1 Å². The third-order valence-corrected chi connectivity index (χ3v) is 4.39. The van der Waals surface area contributed by atoms with Crippen molar-refractivity contribution < 1.29 is 18.3 Å². The molecule has 2 nitrogen and oxygen atoms in total. The molecule has 0 aromatic heterocycles. The van der Waals surface area contributed by atoms with Crippen LogP contribution in [0.25, 0.3) is 0 Å². The van der Waals surface area contributed by atoms with E-state index in [2.05, 4.69) is 4.90 Å². The summed E-state index contributed by atoms with van der Waals surface area (Å²) in [5, 5.41) is 10.5. The molecule has 0 bridgehead atoms. The van der Waals surface area contributed by atoms with Crippen LogP contribution in [0.4, 0.5) is 13.2 Å². The third kappa shape index (κ3) is 3.90. The minimum atomic E-state index is -4.38. The molecule has 1 aromatic carbocycles. The summed E-state index contributed by atoms with van der Waals surface area (Å²) >= 11 is 1.85. The van der Waals surface area contributed by atoms with Gasteiger partial charge in [0.2, 0.25) is 0 Å². The molecule has 0 saturated carbocycles. The van der Waals surface area contributed by atoms with Gasteiger partial charge in [-0.3, -0.25) is 4.90 Å². The Labute approximate surface area is 121 Å². The first-order chi connectivity index (χ1) is 9.29. The normalized spacial score (nSPS) is 20.6. The van der Waals surface area contributed by atoms with Gasteiger partial charge < -0.3 is 5.11 Å². The molecule has 1 fully saturated rings. The summed E-state index contributed by atoms with van der Waals surface area (Å²) in [7, 11) is 0. The van der Waals surface area contributed by atoms with Crippen LogP contribution in [0.15, 0.2) is 24.3 Å². The first kappa shape index (κ1) is 15.7. The first-order valence-electron chi connectivity index (χ1n) is 6.49. The number of nitrogens with zero attached hydrogens (tertiary/aromatic N) is 1. The minimum absolute atomic E-state index is 0.311. The average molecular weight is 305 g/mol. The summed E-state index contributed by atoms with van der Waals surface area (Å²) in [6.07, 6.45) is -4.38. The van der Waals surface area contributed by atoms with E-state index in [4.69, 9.17) is 0 Å². The van der Waals surface area contributed by atoms with Gasteiger partial charge in [0.25, 0.3) is 0 Å². The van der Waals surface area contributed by atoms with E-state index in [9.17, 15) is 18.3 Å². The van der Waals surface area contributed by atoms with Crippen molar-refractivity contribution in [3.63, 3.8) is 0 Å². The Bertz CT molecular complexity index is 456. The summed E-state index contributed by atoms with van der Waals surface area (Å²) < 4.78 is 38.2. The van der Waals surface area contributed by atoms with Crippen molar-refractivity contribution in [2.75, 3.05) is 31.1 Å². The highest BCUT2D eigenvalue weighted by atomic mass is 32.2. The number of benzene rings is 1. The zero-order chi connectivity index (χ0) is 14.8. The second-order valence-corrected chi connectivity index (χ2v) is 6.47. The number of β-amino-alcohol motifs (C(OH)–C–C–N with tert-alkyl or cyclic N) is 1. The highest BCUT2D eigenvalue weighted by molar-refractivity contribution is 7.99. The monoisotopic (exact) mass is 305 g/mol. The highest BCUT2D eigenvalue weighted by Gasteiger charge is 2.33. The van der Waals surface area contributed by atoms with E-state index >= 15 is 0 Å². The highest BCUT2D eigenvalue weighted by Crippen LogP contribution is 2.32. The molecule has 1 heterocycles. The van der Waals surface area contributed by atoms with Crippen molar-refractivity contribution in [3.8, 4) is 0 Å². The molecule has 1 atom stereocenters. The zero-order valence-corrected chi connectivity index (χ0v) is 12.1. The smallest absolute Gasteiger partial charge is 0.384 e. The Balaban J connectivity index is 2.15. The lowest BCUT2D eigenvalue weighted by Gasteiger charge is -2.34. The topological polar surface area (TPSA) is 23.5 Å². The summed E-state index contributed by atoms with van der Waals surface area (Å²) in [4.78, 5) is 2.09. The molecular formula is C14H18F3NOS. The summed E-state index contributed by atoms with van der Waals surface area (Å²) in [5.41, 5.74) is -1.68. The number of alkyl halides is 3. The van der Waals surface area contributed by atoms with Crippen molar-refractivity contribution in [1.29, 1.82) is 0 Å². The summed E-state index contributed by atoms with van der Waals surface area (Å²) in [6, 6.07) is 4.96. The van der Waals surface area contributed by atoms with Gasteiger partial charge in [0.15, 0.2) is 0 Å². The quantitative estimate of drug-likeness (QED) is 0.929. The van der Waals surface area contributed by atoms with Crippen molar-refractivity contribution in [3.05, 3.63) is 35.4 Å². The first-order valence-corrected chi connectivity index (χ1v) is 7.65. The Hall–Kier alpha value is -0.720. The maximum absolute atomic E-state index is 12.7. The van der Waals surface area contributed by atoms with Crippen LogP contribution in [-0.2, 0) is 11.8 Å². The number of hydrogen-bond acceptors (Lipinski definition) is 3. The molecule has 112 valence electrons. The molecule has 0 radical (unpaired) electrons. The van der Waals surface area contributed by atoms with Gasteiger partial charge in [-0.1, -0.05) is 12.1 Å². The van der Waals surface area contributed by atoms with Gasteiger partial charge in [0.1, 0.15) is 0 Å². The lowest BCUT2D eigenvalue weighted by molar-refractivity contribution is -0.137. The fourth-order valence-corrected chi connectivity index (χ4v) is 3.30. The maximum atomic E-state index is 12.7. The van der Waals surface area contributed by atoms with E-state index in [1.54, 1.807) is 13.0 Å². The van der Waals surface area contributed by atoms with E-state index in [1.165, 1.54) is 6.07 Å². The minimum Gasteiger partial charge on any atom is -0.384 e. The fourth-order valence-electron chi connectivity index (χ4n) is 2.32. The van der Waals surface area contributed by atoms with Crippen LogP contribution in [0.5, 0.6) is 0 Å². The molecule has 0 amide bonds. The van der Waals surface area contributed by atoms with Gasteiger partial charge in [-0.2, -0.15) is 24.9 Å². The van der Waals surface area contributed by atoms with Crippen LogP contribution in [0.3, 0.4) is 0 Å². The molecule has 1 aliphatic rings. The number of thioether (sulfide) groups is 1. The van der Waals surface area contributed by atoms with Gasteiger partial charge in [-0.05, 0) is 24.6 Å². The Morgan fingerprint density at radius 3 is 2.40 bits per heavy atom. The van der Waals surface area contributed by atoms with E-state index in [0.717, 1.165) is 36.7 Å². The van der Waals surface area contributed by atoms with Gasteiger partial charge >= 0.3 is 6.18 Å². The Kier molecular flexibility index (Phi) is 4.66. The second-order valence-electron chi connectivity index (χ2n) is 5.24. The summed E-state index contributed by atoms with van der Waals surface area (Å²) in [6.45, 7) is 3.65. The molecule has 1 aromatic rings. The number of aliphatic hydroxyl groups is 1. The predicted molar refractivity (Wildman–Crippen MR) is 74.8 cm³/mol. The van der Waals surface area contributed by atoms with E-state index < -0.39 is 17.3 Å². The Morgan fingerprint density at radius 1 is 1.20 bits per heavy atom. The van der Waals surface area contributed by atoms with Crippen LogP contribution in [-0.4, -0.2) is 41.1 Å². The van der Waals surface area contributed by atoms with Crippen molar-refractivity contribution in [2.45, 2.75) is 18.7 Å². The maximum Gasteiger partial charge on any atom is 0.416 e. The molecule has 1 saturated heterocycles. The van der Waals surface area contributed by atoms with Gasteiger partial charge in [0, 0.05) is 31.1 Å². The van der Waals surface area contributed by atoms with Crippen LogP contribution in [0.2, 0.25) is 0 Å². The van der Waals surface area contributed by atoms with E-state index in [0.29, 0.717) is 12.1 Å². The molecule has 1 N–H and O–H groups in total. The molecule has 2 rings (SSSR count).